The van der Waals surface area contributed by atoms with Crippen molar-refractivity contribution < 1.29 is 4.42 Å². The van der Waals surface area contributed by atoms with E-state index >= 15 is 0 Å². The number of hydrogen-bond donors (Lipinski definition) is 0. The van der Waals surface area contributed by atoms with Gasteiger partial charge in [-0.25, -0.2) is 15.0 Å². The van der Waals surface area contributed by atoms with Gasteiger partial charge in [0.25, 0.3) is 0 Å². The zero-order chi connectivity index (χ0) is 32.3. The maximum atomic E-state index is 6.33. The SMILES string of the molecule is c1ccc(-c2nc(-c3ccc(-c4cccc5c4oc4ccccc45)cc3)nc(-c3ccc4c5ccccc5c5ccccc5c4c3)n2)cc1. The fourth-order valence-corrected chi connectivity index (χ4v) is 7.17. The summed E-state index contributed by atoms with van der Waals surface area (Å²) in [4.78, 5) is 15.1. The molecular formula is C45H27N3O. The predicted molar refractivity (Wildman–Crippen MR) is 201 cm³/mol. The molecule has 10 aromatic rings. The van der Waals surface area contributed by atoms with Crippen molar-refractivity contribution in [3.8, 4) is 45.3 Å². The van der Waals surface area contributed by atoms with Crippen LogP contribution >= 0.6 is 0 Å². The van der Waals surface area contributed by atoms with Gasteiger partial charge < -0.3 is 4.42 Å². The smallest absolute Gasteiger partial charge is 0.164 e. The van der Waals surface area contributed by atoms with Crippen molar-refractivity contribution in [3.05, 3.63) is 164 Å². The molecule has 8 aromatic carbocycles. The van der Waals surface area contributed by atoms with E-state index in [2.05, 4.69) is 115 Å². The predicted octanol–water partition coefficient (Wildman–Crippen LogP) is 11.9. The third-order valence-corrected chi connectivity index (χ3v) is 9.53. The van der Waals surface area contributed by atoms with Crippen LogP contribution in [0.2, 0.25) is 0 Å². The minimum Gasteiger partial charge on any atom is -0.455 e. The van der Waals surface area contributed by atoms with E-state index in [1.54, 1.807) is 0 Å². The number of aromatic nitrogens is 3. The van der Waals surface area contributed by atoms with Gasteiger partial charge in [-0.1, -0.05) is 152 Å². The van der Waals surface area contributed by atoms with Crippen LogP contribution in [-0.4, -0.2) is 15.0 Å². The summed E-state index contributed by atoms with van der Waals surface area (Å²) in [5, 5.41) is 9.58. The molecular weight excluding hydrogens is 599 g/mol. The second-order valence-electron chi connectivity index (χ2n) is 12.4. The van der Waals surface area contributed by atoms with Crippen molar-refractivity contribution in [2.75, 3.05) is 0 Å². The molecule has 0 aliphatic rings. The summed E-state index contributed by atoms with van der Waals surface area (Å²) in [6.45, 7) is 0. The summed E-state index contributed by atoms with van der Waals surface area (Å²) in [7, 11) is 0. The van der Waals surface area contributed by atoms with Crippen molar-refractivity contribution in [2.24, 2.45) is 0 Å². The van der Waals surface area contributed by atoms with Crippen LogP contribution < -0.4 is 0 Å². The van der Waals surface area contributed by atoms with Crippen LogP contribution in [0.25, 0.3) is 99.5 Å². The summed E-state index contributed by atoms with van der Waals surface area (Å²) in [5.74, 6) is 1.90. The van der Waals surface area contributed by atoms with E-state index in [9.17, 15) is 0 Å². The molecule has 0 radical (unpaired) electrons. The first-order valence-corrected chi connectivity index (χ1v) is 16.4. The normalized spacial score (nSPS) is 11.7. The van der Waals surface area contributed by atoms with Crippen LogP contribution in [0.5, 0.6) is 0 Å². The third-order valence-electron chi connectivity index (χ3n) is 9.53. The van der Waals surface area contributed by atoms with Gasteiger partial charge >= 0.3 is 0 Å². The van der Waals surface area contributed by atoms with Crippen LogP contribution in [-0.2, 0) is 0 Å². The maximum absolute atomic E-state index is 6.33. The second kappa shape index (κ2) is 11.0. The molecule has 0 saturated carbocycles. The van der Waals surface area contributed by atoms with Crippen molar-refractivity contribution in [1.82, 2.24) is 15.0 Å². The number of rotatable bonds is 4. The Bertz CT molecular complexity index is 2840. The number of nitrogens with zero attached hydrogens (tertiary/aromatic N) is 3. The number of benzene rings is 8. The van der Waals surface area contributed by atoms with Gasteiger partial charge in [-0.05, 0) is 50.0 Å². The standard InChI is InChI=1S/C45H27N3O/c1-2-11-29(12-3-1)43-46-44(30-23-21-28(22-24-30)32-18-10-19-39-38-17-8-9-20-41(38)49-42(32)39)48-45(47-43)31-25-26-37-35-15-5-4-13-33(35)34-14-6-7-16-36(34)40(37)27-31/h1-27H. The van der Waals surface area contributed by atoms with Gasteiger partial charge in [0.1, 0.15) is 11.2 Å². The van der Waals surface area contributed by atoms with Crippen LogP contribution in [0, 0.1) is 0 Å². The highest BCUT2D eigenvalue weighted by Crippen LogP contribution is 2.38. The molecule has 2 heterocycles. The lowest BCUT2D eigenvalue weighted by molar-refractivity contribution is 0.670. The van der Waals surface area contributed by atoms with Crippen LogP contribution in [0.4, 0.5) is 0 Å². The van der Waals surface area contributed by atoms with E-state index in [1.165, 1.54) is 32.3 Å². The lowest BCUT2D eigenvalue weighted by atomic mass is 9.93. The van der Waals surface area contributed by atoms with Crippen molar-refractivity contribution >= 4 is 54.3 Å². The molecule has 0 saturated heterocycles. The minimum absolute atomic E-state index is 0.626. The molecule has 4 heteroatoms. The Hall–Kier alpha value is -6.65. The Labute approximate surface area is 282 Å². The van der Waals surface area contributed by atoms with E-state index in [0.29, 0.717) is 17.5 Å². The highest BCUT2D eigenvalue weighted by molar-refractivity contribution is 6.25. The Morgan fingerprint density at radius 3 is 1.45 bits per heavy atom. The summed E-state index contributed by atoms with van der Waals surface area (Å²) in [6.07, 6.45) is 0. The quantitative estimate of drug-likeness (QED) is 0.183. The average Bonchev–Trinajstić information content (AvgIpc) is 3.57. The first kappa shape index (κ1) is 27.5. The van der Waals surface area contributed by atoms with E-state index in [4.69, 9.17) is 19.4 Å². The van der Waals surface area contributed by atoms with Crippen LogP contribution in [0.1, 0.15) is 0 Å². The Morgan fingerprint density at radius 1 is 0.306 bits per heavy atom. The Kier molecular flexibility index (Phi) is 6.15. The molecule has 10 rings (SSSR count). The molecule has 0 amide bonds. The molecule has 0 N–H and O–H groups in total. The minimum atomic E-state index is 0.626. The van der Waals surface area contributed by atoms with Crippen LogP contribution in [0.3, 0.4) is 0 Å². The number of fused-ring (bicyclic) bond motifs is 9. The lowest BCUT2D eigenvalue weighted by Crippen LogP contribution is -2.00. The Balaban J connectivity index is 1.13. The molecule has 0 unspecified atom stereocenters. The van der Waals surface area contributed by atoms with Gasteiger partial charge in [-0.15, -0.1) is 0 Å². The fourth-order valence-electron chi connectivity index (χ4n) is 7.17. The number of furan rings is 1. The monoisotopic (exact) mass is 625 g/mol. The van der Waals surface area contributed by atoms with E-state index < -0.39 is 0 Å². The second-order valence-corrected chi connectivity index (χ2v) is 12.4. The fraction of sp³-hybridized carbons (Fsp3) is 0. The third kappa shape index (κ3) is 4.49. The summed E-state index contributed by atoms with van der Waals surface area (Å²) < 4.78 is 6.33. The van der Waals surface area contributed by atoms with E-state index in [1.807, 2.05) is 48.5 Å². The largest absolute Gasteiger partial charge is 0.455 e. The molecule has 49 heavy (non-hydrogen) atoms. The molecule has 228 valence electrons. The number of para-hydroxylation sites is 2. The van der Waals surface area contributed by atoms with Gasteiger partial charge in [0.15, 0.2) is 17.5 Å². The average molecular weight is 626 g/mol. The molecule has 0 atom stereocenters. The summed E-state index contributed by atoms with van der Waals surface area (Å²) >= 11 is 0. The van der Waals surface area contributed by atoms with E-state index in [-0.39, 0.29) is 0 Å². The molecule has 0 bridgehead atoms. The zero-order valence-corrected chi connectivity index (χ0v) is 26.3. The van der Waals surface area contributed by atoms with Gasteiger partial charge in [-0.2, -0.15) is 0 Å². The first-order chi connectivity index (χ1) is 24.3. The number of hydrogen-bond acceptors (Lipinski definition) is 4. The van der Waals surface area contributed by atoms with Gasteiger partial charge in [0, 0.05) is 33.0 Å². The molecule has 4 nitrogen and oxygen atoms in total. The van der Waals surface area contributed by atoms with E-state index in [0.717, 1.165) is 49.8 Å². The van der Waals surface area contributed by atoms with Crippen LogP contribution in [0.15, 0.2) is 168 Å². The first-order valence-electron chi connectivity index (χ1n) is 16.4. The molecule has 0 aliphatic carbocycles. The summed E-state index contributed by atoms with van der Waals surface area (Å²) in [6, 6.07) is 56.9. The van der Waals surface area contributed by atoms with Gasteiger partial charge in [0.2, 0.25) is 0 Å². The maximum Gasteiger partial charge on any atom is 0.164 e. The molecule has 2 aromatic heterocycles. The van der Waals surface area contributed by atoms with Crippen molar-refractivity contribution in [3.63, 3.8) is 0 Å². The lowest BCUT2D eigenvalue weighted by Gasteiger charge is -2.12. The topological polar surface area (TPSA) is 51.8 Å². The molecule has 0 spiro atoms. The Morgan fingerprint density at radius 2 is 0.776 bits per heavy atom. The van der Waals surface area contributed by atoms with Crippen molar-refractivity contribution in [1.29, 1.82) is 0 Å². The molecule has 0 aliphatic heterocycles. The highest BCUT2D eigenvalue weighted by atomic mass is 16.3. The van der Waals surface area contributed by atoms with Crippen molar-refractivity contribution in [2.45, 2.75) is 0 Å². The van der Waals surface area contributed by atoms with Gasteiger partial charge in [-0.3, -0.25) is 0 Å². The summed E-state index contributed by atoms with van der Waals surface area (Å²) in [5.41, 5.74) is 6.71. The molecule has 0 fully saturated rings. The zero-order valence-electron chi connectivity index (χ0n) is 26.3. The highest BCUT2D eigenvalue weighted by Gasteiger charge is 2.16. The van der Waals surface area contributed by atoms with Gasteiger partial charge in [0.05, 0.1) is 0 Å².